The van der Waals surface area contributed by atoms with Crippen molar-refractivity contribution in [1.29, 1.82) is 0 Å². The molecule has 16 heavy (non-hydrogen) atoms. The van der Waals surface area contributed by atoms with E-state index in [1.807, 2.05) is 0 Å². The predicted octanol–water partition coefficient (Wildman–Crippen LogP) is 2.96. The van der Waals surface area contributed by atoms with Gasteiger partial charge in [0.05, 0.1) is 13.3 Å². The second-order valence-electron chi connectivity index (χ2n) is 3.28. The number of nitrogens with zero attached hydrogens (tertiary/aromatic N) is 2. The maximum absolute atomic E-state index is 5.98. The van der Waals surface area contributed by atoms with Crippen LogP contribution in [0.4, 0.5) is 5.82 Å². The van der Waals surface area contributed by atoms with Crippen molar-refractivity contribution >= 4 is 29.0 Å². The van der Waals surface area contributed by atoms with Crippen molar-refractivity contribution in [2.75, 3.05) is 18.3 Å². The average molecular weight is 264 g/mol. The molecular weight excluding hydrogens is 249 g/mol. The second kappa shape index (κ2) is 6.76. The zero-order valence-corrected chi connectivity index (χ0v) is 10.8. The minimum absolute atomic E-state index is 0.259. The summed E-state index contributed by atoms with van der Waals surface area (Å²) in [6, 6.07) is 0.558. The van der Waals surface area contributed by atoms with E-state index >= 15 is 0 Å². The summed E-state index contributed by atoms with van der Waals surface area (Å²) in [5.41, 5.74) is 0. The number of rotatable bonds is 6. The standard InChI is InChI=1S/C10H15Cl2N3O/c1-3-7(4-5-11)14-9-8(12)6-13-10(15-9)16-2/h6-7H,3-5H2,1-2H3,(H,13,14,15). The zero-order valence-electron chi connectivity index (χ0n) is 9.33. The molecule has 0 saturated carbocycles. The SMILES string of the molecule is CCC(CCCl)Nc1nc(OC)ncc1Cl. The highest BCUT2D eigenvalue weighted by molar-refractivity contribution is 6.32. The molecule has 0 spiro atoms. The molecule has 0 radical (unpaired) electrons. The smallest absolute Gasteiger partial charge is 0.318 e. The number of hydrogen-bond acceptors (Lipinski definition) is 4. The van der Waals surface area contributed by atoms with Crippen LogP contribution in [0.25, 0.3) is 0 Å². The Hall–Kier alpha value is -0.740. The molecular formula is C10H15Cl2N3O. The van der Waals surface area contributed by atoms with Crippen LogP contribution in [0.1, 0.15) is 19.8 Å². The van der Waals surface area contributed by atoms with Gasteiger partial charge in [-0.15, -0.1) is 11.6 Å². The van der Waals surface area contributed by atoms with Gasteiger partial charge in [-0.25, -0.2) is 4.98 Å². The lowest BCUT2D eigenvalue weighted by Gasteiger charge is -2.17. The molecule has 1 N–H and O–H groups in total. The topological polar surface area (TPSA) is 47.0 Å². The van der Waals surface area contributed by atoms with Crippen molar-refractivity contribution in [3.8, 4) is 6.01 Å². The summed E-state index contributed by atoms with van der Waals surface area (Å²) in [5, 5.41) is 3.71. The van der Waals surface area contributed by atoms with Gasteiger partial charge in [-0.3, -0.25) is 0 Å². The number of hydrogen-bond donors (Lipinski definition) is 1. The summed E-state index contributed by atoms with van der Waals surface area (Å²) in [7, 11) is 1.52. The lowest BCUT2D eigenvalue weighted by atomic mass is 10.2. The van der Waals surface area contributed by atoms with E-state index in [9.17, 15) is 0 Å². The lowest BCUT2D eigenvalue weighted by Crippen LogP contribution is -2.20. The Labute approximate surface area is 105 Å². The van der Waals surface area contributed by atoms with Crippen molar-refractivity contribution in [3.05, 3.63) is 11.2 Å². The van der Waals surface area contributed by atoms with Crippen LogP contribution in [0.5, 0.6) is 6.01 Å². The second-order valence-corrected chi connectivity index (χ2v) is 4.07. The first kappa shape index (κ1) is 13.3. The molecule has 1 aromatic heterocycles. The van der Waals surface area contributed by atoms with Gasteiger partial charge in [0.15, 0.2) is 5.82 Å². The van der Waals surface area contributed by atoms with Crippen LogP contribution in [0, 0.1) is 0 Å². The van der Waals surface area contributed by atoms with Gasteiger partial charge in [0.2, 0.25) is 0 Å². The van der Waals surface area contributed by atoms with E-state index in [0.717, 1.165) is 12.8 Å². The van der Waals surface area contributed by atoms with E-state index in [4.69, 9.17) is 27.9 Å². The molecule has 1 aromatic rings. The summed E-state index contributed by atoms with van der Waals surface area (Å²) in [6.45, 7) is 2.08. The summed E-state index contributed by atoms with van der Waals surface area (Å²) < 4.78 is 4.94. The van der Waals surface area contributed by atoms with Gasteiger partial charge < -0.3 is 10.1 Å². The van der Waals surface area contributed by atoms with E-state index in [-0.39, 0.29) is 6.04 Å². The Bertz CT molecular complexity index is 336. The van der Waals surface area contributed by atoms with Crippen molar-refractivity contribution in [2.45, 2.75) is 25.8 Å². The molecule has 1 rings (SSSR count). The third-order valence-corrected chi connectivity index (χ3v) is 2.69. The maximum atomic E-state index is 5.98. The highest BCUT2D eigenvalue weighted by Crippen LogP contribution is 2.22. The fourth-order valence-corrected chi connectivity index (χ4v) is 1.66. The molecule has 0 aliphatic carbocycles. The predicted molar refractivity (Wildman–Crippen MR) is 66.6 cm³/mol. The molecule has 6 heteroatoms. The number of alkyl halides is 1. The van der Waals surface area contributed by atoms with Gasteiger partial charge >= 0.3 is 6.01 Å². The summed E-state index contributed by atoms with van der Waals surface area (Å²) in [5.74, 6) is 1.19. The van der Waals surface area contributed by atoms with E-state index in [2.05, 4.69) is 22.2 Å². The molecule has 0 bridgehead atoms. The molecule has 0 amide bonds. The Balaban J connectivity index is 2.77. The highest BCUT2D eigenvalue weighted by Gasteiger charge is 2.10. The lowest BCUT2D eigenvalue weighted by molar-refractivity contribution is 0.380. The van der Waals surface area contributed by atoms with Gasteiger partial charge in [0, 0.05) is 11.9 Å². The van der Waals surface area contributed by atoms with Crippen molar-refractivity contribution in [1.82, 2.24) is 9.97 Å². The minimum Gasteiger partial charge on any atom is -0.467 e. The van der Waals surface area contributed by atoms with Crippen LogP contribution in [0.15, 0.2) is 6.20 Å². The molecule has 0 fully saturated rings. The van der Waals surface area contributed by atoms with Gasteiger partial charge in [-0.05, 0) is 12.8 Å². The monoisotopic (exact) mass is 263 g/mol. The van der Waals surface area contributed by atoms with E-state index in [1.165, 1.54) is 13.3 Å². The summed E-state index contributed by atoms with van der Waals surface area (Å²) >= 11 is 11.7. The quantitative estimate of drug-likeness (QED) is 0.802. The van der Waals surface area contributed by atoms with E-state index in [1.54, 1.807) is 0 Å². The molecule has 0 aromatic carbocycles. The number of halogens is 2. The Kier molecular flexibility index (Phi) is 5.63. The van der Waals surface area contributed by atoms with E-state index < -0.39 is 0 Å². The molecule has 90 valence electrons. The maximum Gasteiger partial charge on any atom is 0.318 e. The average Bonchev–Trinajstić information content (AvgIpc) is 2.31. The fourth-order valence-electron chi connectivity index (χ4n) is 1.25. The van der Waals surface area contributed by atoms with Crippen molar-refractivity contribution in [3.63, 3.8) is 0 Å². The van der Waals surface area contributed by atoms with E-state index in [0.29, 0.717) is 22.7 Å². The molecule has 1 heterocycles. The van der Waals surface area contributed by atoms with Crippen LogP contribution < -0.4 is 10.1 Å². The minimum atomic E-state index is 0.259. The first-order chi connectivity index (χ1) is 7.71. The number of methoxy groups -OCH3 is 1. The van der Waals surface area contributed by atoms with Crippen LogP contribution in [-0.4, -0.2) is 29.0 Å². The molecule has 0 aliphatic rings. The fraction of sp³-hybridized carbons (Fsp3) is 0.600. The van der Waals surface area contributed by atoms with Crippen molar-refractivity contribution < 1.29 is 4.74 Å². The number of anilines is 1. The first-order valence-corrected chi connectivity index (χ1v) is 6.01. The third-order valence-electron chi connectivity index (χ3n) is 2.20. The molecule has 0 saturated heterocycles. The van der Waals surface area contributed by atoms with Gasteiger partial charge in [-0.2, -0.15) is 4.98 Å². The normalized spacial score (nSPS) is 12.2. The number of ether oxygens (including phenoxy) is 1. The molecule has 0 aliphatic heterocycles. The first-order valence-electron chi connectivity index (χ1n) is 5.10. The van der Waals surface area contributed by atoms with Crippen LogP contribution in [0.2, 0.25) is 5.02 Å². The Morgan fingerprint density at radius 2 is 2.31 bits per heavy atom. The van der Waals surface area contributed by atoms with Gasteiger partial charge in [0.1, 0.15) is 5.02 Å². The van der Waals surface area contributed by atoms with Crippen LogP contribution >= 0.6 is 23.2 Å². The number of aromatic nitrogens is 2. The van der Waals surface area contributed by atoms with Crippen LogP contribution in [-0.2, 0) is 0 Å². The van der Waals surface area contributed by atoms with Crippen LogP contribution in [0.3, 0.4) is 0 Å². The zero-order chi connectivity index (χ0) is 12.0. The van der Waals surface area contributed by atoms with Gasteiger partial charge in [-0.1, -0.05) is 18.5 Å². The van der Waals surface area contributed by atoms with Gasteiger partial charge in [0.25, 0.3) is 0 Å². The third kappa shape index (κ3) is 3.68. The molecule has 4 nitrogen and oxygen atoms in total. The Morgan fingerprint density at radius 1 is 1.56 bits per heavy atom. The summed E-state index contributed by atoms with van der Waals surface area (Å²) in [4.78, 5) is 8.05. The number of nitrogens with one attached hydrogen (secondary N) is 1. The highest BCUT2D eigenvalue weighted by atomic mass is 35.5. The Morgan fingerprint density at radius 3 is 2.88 bits per heavy atom. The largest absolute Gasteiger partial charge is 0.467 e. The van der Waals surface area contributed by atoms with Crippen molar-refractivity contribution in [2.24, 2.45) is 0 Å². The summed E-state index contributed by atoms with van der Waals surface area (Å²) in [6.07, 6.45) is 3.33. The molecule has 1 atom stereocenters. The molecule has 1 unspecified atom stereocenters.